The van der Waals surface area contributed by atoms with Crippen LogP contribution in [0.1, 0.15) is 40.5 Å². The summed E-state index contributed by atoms with van der Waals surface area (Å²) >= 11 is 1.55. The molecule has 37 heavy (non-hydrogen) atoms. The van der Waals surface area contributed by atoms with Gasteiger partial charge in [-0.2, -0.15) is 0 Å². The van der Waals surface area contributed by atoms with E-state index in [1.165, 1.54) is 0 Å². The number of aromatic nitrogens is 5. The van der Waals surface area contributed by atoms with Crippen LogP contribution < -0.4 is 5.73 Å². The molecule has 0 spiro atoms. The lowest BCUT2D eigenvalue weighted by molar-refractivity contribution is 0.0711. The van der Waals surface area contributed by atoms with Gasteiger partial charge in [0.25, 0.3) is 5.91 Å². The Balaban J connectivity index is 1.24. The average molecular weight is 510 g/mol. The molecule has 0 atom stereocenters. The van der Waals surface area contributed by atoms with Crippen LogP contribution in [0, 0.1) is 0 Å². The Morgan fingerprint density at radius 3 is 2.95 bits per heavy atom. The number of fused-ring (bicyclic) bond motifs is 2. The molecule has 4 aromatic heterocycles. The summed E-state index contributed by atoms with van der Waals surface area (Å²) in [5.41, 5.74) is 13.5. The van der Waals surface area contributed by atoms with E-state index in [9.17, 15) is 4.79 Å². The normalized spacial score (nSPS) is 14.8. The van der Waals surface area contributed by atoms with Gasteiger partial charge in [0.15, 0.2) is 0 Å². The average Bonchev–Trinajstić information content (AvgIpc) is 3.67. The quantitative estimate of drug-likeness (QED) is 0.305. The van der Waals surface area contributed by atoms with Crippen molar-refractivity contribution >= 4 is 38.8 Å². The van der Waals surface area contributed by atoms with Gasteiger partial charge in [-0.1, -0.05) is 24.8 Å². The number of H-pyrrole nitrogens is 1. The largest absolute Gasteiger partial charge is 0.382 e. The van der Waals surface area contributed by atoms with Crippen molar-refractivity contribution in [1.29, 1.82) is 0 Å². The van der Waals surface area contributed by atoms with Crippen LogP contribution in [0.3, 0.4) is 0 Å². The fourth-order valence-electron chi connectivity index (χ4n) is 5.07. The van der Waals surface area contributed by atoms with E-state index in [-0.39, 0.29) is 11.8 Å². The van der Waals surface area contributed by atoms with Gasteiger partial charge in [-0.05, 0) is 49.1 Å². The van der Waals surface area contributed by atoms with Crippen LogP contribution in [0.25, 0.3) is 27.1 Å². The first-order valence-electron chi connectivity index (χ1n) is 12.3. The van der Waals surface area contributed by atoms with Crippen molar-refractivity contribution in [3.05, 3.63) is 90.1 Å². The number of piperidine rings is 1. The molecule has 1 aliphatic heterocycles. The fourth-order valence-corrected chi connectivity index (χ4v) is 5.78. The second-order valence-corrected chi connectivity index (χ2v) is 10.1. The molecule has 1 aliphatic rings. The number of hydrogen-bond donors (Lipinski definition) is 2. The maximum Gasteiger partial charge on any atom is 0.253 e. The number of rotatable bonds is 6. The first-order chi connectivity index (χ1) is 18.1. The maximum absolute atomic E-state index is 13.2. The number of nitrogens with zero attached hydrogens (tertiary/aromatic N) is 5. The summed E-state index contributed by atoms with van der Waals surface area (Å²) < 4.78 is 3.10. The lowest BCUT2D eigenvalue weighted by atomic mass is 9.95. The number of benzene rings is 1. The first-order valence-corrected chi connectivity index (χ1v) is 13.2. The van der Waals surface area contributed by atoms with Gasteiger partial charge in [0.05, 0.1) is 21.4 Å². The van der Waals surface area contributed by atoms with Crippen LogP contribution in [0.4, 0.5) is 5.82 Å². The molecule has 1 aromatic carbocycles. The topological polar surface area (TPSA) is 105 Å². The van der Waals surface area contributed by atoms with Crippen molar-refractivity contribution in [3.8, 4) is 11.4 Å². The summed E-state index contributed by atoms with van der Waals surface area (Å²) in [4.78, 5) is 32.2. The Morgan fingerprint density at radius 2 is 2.11 bits per heavy atom. The van der Waals surface area contributed by atoms with Crippen LogP contribution in [0.2, 0.25) is 0 Å². The third-order valence-corrected chi connectivity index (χ3v) is 7.75. The van der Waals surface area contributed by atoms with Crippen LogP contribution in [0.15, 0.2) is 73.2 Å². The van der Waals surface area contributed by atoms with Crippen LogP contribution >= 0.6 is 11.3 Å². The molecule has 1 saturated heterocycles. The van der Waals surface area contributed by atoms with E-state index in [1.54, 1.807) is 23.6 Å². The monoisotopic (exact) mass is 509 g/mol. The lowest BCUT2D eigenvalue weighted by Gasteiger charge is -2.31. The van der Waals surface area contributed by atoms with Crippen molar-refractivity contribution in [1.82, 2.24) is 29.2 Å². The number of likely N-dealkylation sites (tertiary alicyclic amines) is 1. The molecule has 3 N–H and O–H groups in total. The summed E-state index contributed by atoms with van der Waals surface area (Å²) in [6.45, 7) is 5.08. The molecule has 0 radical (unpaired) electrons. The van der Waals surface area contributed by atoms with Crippen molar-refractivity contribution in [3.63, 3.8) is 0 Å². The second kappa shape index (κ2) is 9.67. The van der Waals surface area contributed by atoms with Gasteiger partial charge in [-0.25, -0.2) is 15.0 Å². The number of thiazole rings is 1. The maximum atomic E-state index is 13.2. The van der Waals surface area contributed by atoms with Crippen molar-refractivity contribution in [2.45, 2.75) is 25.2 Å². The zero-order chi connectivity index (χ0) is 25.4. The minimum Gasteiger partial charge on any atom is -0.382 e. The molecular weight excluding hydrogens is 482 g/mol. The van der Waals surface area contributed by atoms with E-state index < -0.39 is 0 Å². The number of allylic oxidation sites excluding steroid dienone is 3. The Labute approximate surface area is 218 Å². The van der Waals surface area contributed by atoms with E-state index in [0.29, 0.717) is 24.5 Å². The number of hydrogen-bond acceptors (Lipinski definition) is 6. The van der Waals surface area contributed by atoms with Gasteiger partial charge in [-0.15, -0.1) is 11.3 Å². The number of nitrogen functional groups attached to an aromatic ring is 1. The highest BCUT2D eigenvalue weighted by Gasteiger charge is 2.29. The summed E-state index contributed by atoms with van der Waals surface area (Å²) in [5.74, 6) is 1.69. The summed E-state index contributed by atoms with van der Waals surface area (Å²) in [5, 5.41) is 0. The number of amides is 1. The predicted octanol–water partition coefficient (Wildman–Crippen LogP) is 5.22. The van der Waals surface area contributed by atoms with Gasteiger partial charge >= 0.3 is 0 Å². The van der Waals surface area contributed by atoms with E-state index in [1.807, 2.05) is 47.1 Å². The number of nitrogens with one attached hydrogen (secondary N) is 1. The number of imidazole rings is 1. The zero-order valence-electron chi connectivity index (χ0n) is 20.3. The minimum absolute atomic E-state index is 0.0697. The van der Waals surface area contributed by atoms with E-state index in [2.05, 4.69) is 38.1 Å². The van der Waals surface area contributed by atoms with Crippen molar-refractivity contribution < 1.29 is 4.79 Å². The molecular formula is C28H27N7OS. The zero-order valence-corrected chi connectivity index (χ0v) is 21.1. The smallest absolute Gasteiger partial charge is 0.253 e. The molecule has 0 unspecified atom stereocenters. The highest BCUT2D eigenvalue weighted by Crippen LogP contribution is 2.34. The Morgan fingerprint density at radius 1 is 1.24 bits per heavy atom. The Hall–Kier alpha value is -4.24. The molecule has 9 heteroatoms. The number of nitrogens with two attached hydrogens (primary N) is 1. The van der Waals surface area contributed by atoms with E-state index >= 15 is 0 Å². The molecule has 8 nitrogen and oxygen atoms in total. The molecule has 0 saturated carbocycles. The molecule has 0 aliphatic carbocycles. The first kappa shape index (κ1) is 23.2. The van der Waals surface area contributed by atoms with Crippen LogP contribution in [-0.4, -0.2) is 48.2 Å². The number of aromatic amines is 1. The van der Waals surface area contributed by atoms with Gasteiger partial charge < -0.3 is 15.6 Å². The molecule has 5 heterocycles. The molecule has 5 aromatic rings. The van der Waals surface area contributed by atoms with Gasteiger partial charge in [0.2, 0.25) is 0 Å². The molecule has 0 bridgehead atoms. The van der Waals surface area contributed by atoms with E-state index in [0.717, 1.165) is 57.8 Å². The van der Waals surface area contributed by atoms with Gasteiger partial charge in [-0.3, -0.25) is 9.20 Å². The van der Waals surface area contributed by atoms with Crippen LogP contribution in [0.5, 0.6) is 0 Å². The molecule has 186 valence electrons. The number of anilines is 1. The van der Waals surface area contributed by atoms with Gasteiger partial charge in [0, 0.05) is 43.2 Å². The number of carbonyl (C=O) groups is 1. The molecule has 1 amide bonds. The highest BCUT2D eigenvalue weighted by atomic mass is 32.1. The number of carbonyl (C=O) groups excluding carboxylic acids is 1. The van der Waals surface area contributed by atoms with E-state index in [4.69, 9.17) is 10.7 Å². The Kier molecular flexibility index (Phi) is 6.05. The third-order valence-electron chi connectivity index (χ3n) is 6.96. The highest BCUT2D eigenvalue weighted by molar-refractivity contribution is 7.16. The molecule has 1 fully saturated rings. The summed E-state index contributed by atoms with van der Waals surface area (Å²) in [7, 11) is 0. The fraction of sp³-hybridized carbons (Fsp3) is 0.214. The standard InChI is InChI=1S/C28H27N7OS/c1-2-3-4-5-18-14-22(31-16-18)24-25-26(29)30-10-13-35(25)27(33-24)19-8-11-34(12-9-19)28(36)20-6-7-21-23(15-20)37-17-32-21/h2-4,6-7,10,13-17,19,31H,1,5,8-9,11-12H2,(H2,29,30). The summed E-state index contributed by atoms with van der Waals surface area (Å²) in [6.07, 6.45) is 13.9. The van der Waals surface area contributed by atoms with Gasteiger partial charge in [0.1, 0.15) is 22.9 Å². The van der Waals surface area contributed by atoms with Crippen LogP contribution in [-0.2, 0) is 6.42 Å². The van der Waals surface area contributed by atoms with Crippen molar-refractivity contribution in [2.75, 3.05) is 18.8 Å². The SMILES string of the molecule is C=CC=CCc1c[nH]c(-c2nc(C3CCN(C(=O)c4ccc5ncsc5c4)CC3)n3ccnc(N)c23)c1. The minimum atomic E-state index is 0.0697. The third kappa shape index (κ3) is 4.31. The lowest BCUT2D eigenvalue weighted by Crippen LogP contribution is -2.38. The molecule has 6 rings (SSSR count). The second-order valence-electron chi connectivity index (χ2n) is 9.24. The predicted molar refractivity (Wildman–Crippen MR) is 148 cm³/mol. The summed E-state index contributed by atoms with van der Waals surface area (Å²) in [6, 6.07) is 7.85. The van der Waals surface area contributed by atoms with Crippen molar-refractivity contribution in [2.24, 2.45) is 0 Å². The Bertz CT molecular complexity index is 1630.